The molecule has 6 nitrogen and oxygen atoms in total. The summed E-state index contributed by atoms with van der Waals surface area (Å²) in [5.74, 6) is -0.112. The Kier molecular flexibility index (Phi) is 8.41. The van der Waals surface area contributed by atoms with Crippen molar-refractivity contribution in [3.05, 3.63) is 22.4 Å². The zero-order valence-electron chi connectivity index (χ0n) is 11.6. The maximum Gasteiger partial charge on any atom is 0.314 e. The highest BCUT2D eigenvalue weighted by atomic mass is 32.1. The normalized spacial score (nSPS) is 10.1. The van der Waals surface area contributed by atoms with Crippen molar-refractivity contribution >= 4 is 23.3 Å². The third-order valence-electron chi connectivity index (χ3n) is 2.40. The van der Waals surface area contributed by atoms with Crippen LogP contribution in [0.5, 0.6) is 0 Å². The van der Waals surface area contributed by atoms with Crippen LogP contribution < -0.4 is 16.0 Å². The highest BCUT2D eigenvalue weighted by molar-refractivity contribution is 7.12. The summed E-state index contributed by atoms with van der Waals surface area (Å²) in [6.45, 7) is 4.65. The van der Waals surface area contributed by atoms with Crippen LogP contribution in [0.1, 0.15) is 23.0 Å². The van der Waals surface area contributed by atoms with Crippen molar-refractivity contribution in [1.29, 1.82) is 0 Å². The van der Waals surface area contributed by atoms with E-state index in [4.69, 9.17) is 4.74 Å². The molecule has 0 saturated heterocycles. The Morgan fingerprint density at radius 2 is 1.95 bits per heavy atom. The molecule has 0 aromatic carbocycles. The van der Waals surface area contributed by atoms with Crippen molar-refractivity contribution in [3.63, 3.8) is 0 Å². The lowest BCUT2D eigenvalue weighted by Gasteiger charge is -2.08. The van der Waals surface area contributed by atoms with Crippen LogP contribution >= 0.6 is 11.3 Å². The van der Waals surface area contributed by atoms with Gasteiger partial charge in [0.05, 0.1) is 4.88 Å². The van der Waals surface area contributed by atoms with E-state index in [0.717, 1.165) is 6.42 Å². The van der Waals surface area contributed by atoms with Crippen LogP contribution in [0.2, 0.25) is 0 Å². The molecule has 0 unspecified atom stereocenters. The summed E-state index contributed by atoms with van der Waals surface area (Å²) in [6.07, 6.45) is 0.788. The predicted molar refractivity (Wildman–Crippen MR) is 79.2 cm³/mol. The van der Waals surface area contributed by atoms with Gasteiger partial charge in [-0.1, -0.05) is 6.07 Å². The largest absolute Gasteiger partial charge is 0.382 e. The third kappa shape index (κ3) is 7.10. The number of ether oxygens (including phenoxy) is 1. The standard InChI is InChI=1S/C13H21N3O3S/c1-2-19-9-4-6-15-13(18)16-8-7-14-12(17)11-5-3-10-20-11/h3,5,10H,2,4,6-9H2,1H3,(H,14,17)(H2,15,16,18). The van der Waals surface area contributed by atoms with Gasteiger partial charge in [0, 0.05) is 32.8 Å². The Bertz CT molecular complexity index is 396. The number of rotatable bonds is 9. The average Bonchev–Trinajstić information content (AvgIpc) is 2.97. The van der Waals surface area contributed by atoms with Crippen molar-refractivity contribution in [2.24, 2.45) is 0 Å². The highest BCUT2D eigenvalue weighted by Gasteiger charge is 2.05. The summed E-state index contributed by atoms with van der Waals surface area (Å²) in [4.78, 5) is 23.6. The van der Waals surface area contributed by atoms with Gasteiger partial charge in [-0.3, -0.25) is 4.79 Å². The van der Waals surface area contributed by atoms with Gasteiger partial charge in [-0.05, 0) is 24.8 Å². The molecule has 1 aromatic heterocycles. The Hall–Kier alpha value is -1.60. The summed E-state index contributed by atoms with van der Waals surface area (Å²) in [5.41, 5.74) is 0. The molecule has 0 radical (unpaired) electrons. The van der Waals surface area contributed by atoms with E-state index < -0.39 is 0 Å². The summed E-state index contributed by atoms with van der Waals surface area (Å²) in [5, 5.41) is 9.97. The van der Waals surface area contributed by atoms with E-state index >= 15 is 0 Å². The van der Waals surface area contributed by atoms with Crippen molar-refractivity contribution in [2.75, 3.05) is 32.8 Å². The minimum absolute atomic E-state index is 0.112. The van der Waals surface area contributed by atoms with E-state index in [9.17, 15) is 9.59 Å². The smallest absolute Gasteiger partial charge is 0.314 e. The van der Waals surface area contributed by atoms with Gasteiger partial charge in [0.1, 0.15) is 0 Å². The van der Waals surface area contributed by atoms with Gasteiger partial charge in [-0.2, -0.15) is 0 Å². The van der Waals surface area contributed by atoms with Gasteiger partial charge >= 0.3 is 6.03 Å². The van der Waals surface area contributed by atoms with Crippen LogP contribution in [-0.2, 0) is 4.74 Å². The molecule has 7 heteroatoms. The second-order valence-electron chi connectivity index (χ2n) is 3.97. The molecule has 20 heavy (non-hydrogen) atoms. The van der Waals surface area contributed by atoms with Crippen LogP contribution in [0.4, 0.5) is 4.79 Å². The van der Waals surface area contributed by atoms with Crippen LogP contribution in [0, 0.1) is 0 Å². The highest BCUT2D eigenvalue weighted by Crippen LogP contribution is 2.07. The molecule has 0 bridgehead atoms. The maximum absolute atomic E-state index is 11.6. The average molecular weight is 299 g/mol. The summed E-state index contributed by atoms with van der Waals surface area (Å²) < 4.78 is 5.16. The molecule has 3 amide bonds. The van der Waals surface area contributed by atoms with Crippen molar-refractivity contribution in [3.8, 4) is 0 Å². The Morgan fingerprint density at radius 3 is 2.65 bits per heavy atom. The first kappa shape index (κ1) is 16.5. The molecular weight excluding hydrogens is 278 g/mol. The number of carbonyl (C=O) groups excluding carboxylic acids is 2. The fourth-order valence-electron chi connectivity index (χ4n) is 1.43. The maximum atomic E-state index is 11.6. The Labute approximate surface area is 122 Å². The van der Waals surface area contributed by atoms with Crippen LogP contribution in [-0.4, -0.2) is 44.8 Å². The van der Waals surface area contributed by atoms with Crippen LogP contribution in [0.15, 0.2) is 17.5 Å². The lowest BCUT2D eigenvalue weighted by Crippen LogP contribution is -2.40. The molecule has 0 spiro atoms. The number of thiophene rings is 1. The lowest BCUT2D eigenvalue weighted by molar-refractivity contribution is 0.0958. The first-order valence-corrected chi connectivity index (χ1v) is 7.53. The first-order chi connectivity index (χ1) is 9.74. The molecule has 0 saturated carbocycles. The molecule has 0 fully saturated rings. The lowest BCUT2D eigenvalue weighted by atomic mass is 10.4. The van der Waals surface area contributed by atoms with Gasteiger partial charge in [0.15, 0.2) is 0 Å². The predicted octanol–water partition coefficient (Wildman–Crippen LogP) is 1.20. The molecule has 0 atom stereocenters. The van der Waals surface area contributed by atoms with E-state index in [1.54, 1.807) is 6.07 Å². The van der Waals surface area contributed by atoms with E-state index in [0.29, 0.717) is 37.7 Å². The monoisotopic (exact) mass is 299 g/mol. The fraction of sp³-hybridized carbons (Fsp3) is 0.538. The molecule has 1 aromatic rings. The number of hydrogen-bond acceptors (Lipinski definition) is 4. The van der Waals surface area contributed by atoms with E-state index in [1.165, 1.54) is 11.3 Å². The summed E-state index contributed by atoms with van der Waals surface area (Å²) in [7, 11) is 0. The van der Waals surface area contributed by atoms with Gasteiger partial charge in [-0.15, -0.1) is 11.3 Å². The molecular formula is C13H21N3O3S. The molecule has 0 aliphatic heterocycles. The minimum Gasteiger partial charge on any atom is -0.382 e. The zero-order valence-corrected chi connectivity index (χ0v) is 12.4. The topological polar surface area (TPSA) is 79.5 Å². The van der Waals surface area contributed by atoms with Crippen LogP contribution in [0.3, 0.4) is 0 Å². The molecule has 1 heterocycles. The van der Waals surface area contributed by atoms with E-state index in [1.807, 2.05) is 18.4 Å². The Morgan fingerprint density at radius 1 is 1.20 bits per heavy atom. The summed E-state index contributed by atoms with van der Waals surface area (Å²) >= 11 is 1.39. The van der Waals surface area contributed by atoms with Gasteiger partial charge in [0.25, 0.3) is 5.91 Å². The molecule has 112 valence electrons. The van der Waals surface area contributed by atoms with Gasteiger partial charge in [-0.25, -0.2) is 4.79 Å². The summed E-state index contributed by atoms with van der Waals surface area (Å²) in [6, 6.07) is 3.36. The van der Waals surface area contributed by atoms with Gasteiger partial charge < -0.3 is 20.7 Å². The van der Waals surface area contributed by atoms with Crippen molar-refractivity contribution in [1.82, 2.24) is 16.0 Å². The van der Waals surface area contributed by atoms with E-state index in [2.05, 4.69) is 16.0 Å². The van der Waals surface area contributed by atoms with Gasteiger partial charge in [0.2, 0.25) is 0 Å². The number of urea groups is 1. The van der Waals surface area contributed by atoms with Crippen molar-refractivity contribution < 1.29 is 14.3 Å². The third-order valence-corrected chi connectivity index (χ3v) is 3.26. The number of amides is 3. The van der Waals surface area contributed by atoms with Crippen molar-refractivity contribution in [2.45, 2.75) is 13.3 Å². The SMILES string of the molecule is CCOCCCNC(=O)NCCNC(=O)c1cccs1. The van der Waals surface area contributed by atoms with Crippen LogP contribution in [0.25, 0.3) is 0 Å². The minimum atomic E-state index is -0.230. The number of carbonyl (C=O) groups is 2. The quantitative estimate of drug-likeness (QED) is 0.600. The fourth-order valence-corrected chi connectivity index (χ4v) is 2.07. The Balaban J connectivity index is 1.98. The molecule has 1 rings (SSSR count). The number of hydrogen-bond donors (Lipinski definition) is 3. The number of nitrogens with one attached hydrogen (secondary N) is 3. The van der Waals surface area contributed by atoms with E-state index in [-0.39, 0.29) is 11.9 Å². The molecule has 0 aliphatic carbocycles. The molecule has 0 aliphatic rings. The zero-order chi connectivity index (χ0) is 14.6. The second-order valence-corrected chi connectivity index (χ2v) is 4.91. The molecule has 3 N–H and O–H groups in total. The first-order valence-electron chi connectivity index (χ1n) is 6.65. The second kappa shape index (κ2) is 10.2.